The van der Waals surface area contributed by atoms with Gasteiger partial charge in [-0.15, -0.1) is 0 Å². The van der Waals surface area contributed by atoms with E-state index < -0.39 is 11.7 Å². The molecular weight excluding hydrogens is 403 g/mol. The molecule has 5 nitrogen and oxygen atoms in total. The van der Waals surface area contributed by atoms with E-state index in [-0.39, 0.29) is 5.57 Å². The van der Waals surface area contributed by atoms with E-state index in [0.717, 1.165) is 0 Å². The van der Waals surface area contributed by atoms with Gasteiger partial charge in [-0.05, 0) is 70.9 Å². The first kappa shape index (κ1) is 19.5. The predicted molar refractivity (Wildman–Crippen MR) is 100 cm³/mol. The Kier molecular flexibility index (Phi) is 6.75. The second-order valence-corrected chi connectivity index (χ2v) is 5.95. The molecule has 0 aromatic heterocycles. The van der Waals surface area contributed by atoms with Crippen LogP contribution in [0.5, 0.6) is 11.5 Å². The van der Waals surface area contributed by atoms with Gasteiger partial charge in [0.25, 0.3) is 5.91 Å². The molecule has 2 aromatic carbocycles. The number of benzene rings is 2. The van der Waals surface area contributed by atoms with Crippen LogP contribution in [0.1, 0.15) is 12.5 Å². The molecule has 0 spiro atoms. The van der Waals surface area contributed by atoms with E-state index in [0.29, 0.717) is 33.8 Å². The number of amides is 1. The van der Waals surface area contributed by atoms with Crippen LogP contribution in [-0.2, 0) is 4.79 Å². The zero-order valence-electron chi connectivity index (χ0n) is 14.2. The lowest BCUT2D eigenvalue weighted by Gasteiger charge is -2.12. The fraction of sp³-hybridized carbons (Fsp3) is 0.158. The minimum atomic E-state index is -0.594. The first-order chi connectivity index (χ1) is 12.5. The molecule has 0 atom stereocenters. The van der Waals surface area contributed by atoms with Crippen LogP contribution in [0.25, 0.3) is 6.08 Å². The molecule has 134 valence electrons. The highest BCUT2D eigenvalue weighted by molar-refractivity contribution is 9.10. The number of methoxy groups -OCH3 is 1. The van der Waals surface area contributed by atoms with Crippen LogP contribution < -0.4 is 14.8 Å². The molecule has 2 rings (SSSR count). The van der Waals surface area contributed by atoms with Crippen LogP contribution in [0, 0.1) is 17.1 Å². The topological polar surface area (TPSA) is 71.3 Å². The average molecular weight is 419 g/mol. The highest BCUT2D eigenvalue weighted by Gasteiger charge is 2.13. The number of nitrogens with one attached hydrogen (secondary N) is 1. The van der Waals surface area contributed by atoms with Gasteiger partial charge in [0.05, 0.1) is 18.2 Å². The van der Waals surface area contributed by atoms with Gasteiger partial charge >= 0.3 is 0 Å². The first-order valence-corrected chi connectivity index (χ1v) is 8.46. The third-order valence-corrected chi connectivity index (χ3v) is 3.90. The average Bonchev–Trinajstić information content (AvgIpc) is 2.61. The van der Waals surface area contributed by atoms with Crippen molar-refractivity contribution in [3.63, 3.8) is 0 Å². The minimum Gasteiger partial charge on any atom is -0.492 e. The summed E-state index contributed by atoms with van der Waals surface area (Å²) in [6, 6.07) is 10.5. The van der Waals surface area contributed by atoms with Crippen molar-refractivity contribution in [1.82, 2.24) is 0 Å². The smallest absolute Gasteiger partial charge is 0.266 e. The lowest BCUT2D eigenvalue weighted by atomic mass is 10.1. The van der Waals surface area contributed by atoms with Gasteiger partial charge in [-0.3, -0.25) is 4.79 Å². The molecule has 0 aliphatic carbocycles. The zero-order chi connectivity index (χ0) is 19.1. The lowest BCUT2D eigenvalue weighted by Crippen LogP contribution is -2.13. The maximum absolute atomic E-state index is 12.9. The Morgan fingerprint density at radius 3 is 2.62 bits per heavy atom. The maximum atomic E-state index is 12.9. The maximum Gasteiger partial charge on any atom is 0.266 e. The number of carbonyl (C=O) groups excluding carboxylic acids is 1. The second-order valence-electron chi connectivity index (χ2n) is 5.10. The van der Waals surface area contributed by atoms with Crippen LogP contribution in [0.3, 0.4) is 0 Å². The number of anilines is 1. The summed E-state index contributed by atoms with van der Waals surface area (Å²) in [6.07, 6.45) is 1.44. The number of carbonyl (C=O) groups is 1. The molecular formula is C19H16BrFN2O3. The van der Waals surface area contributed by atoms with Gasteiger partial charge in [0.15, 0.2) is 11.5 Å². The molecule has 0 aliphatic rings. The molecule has 1 N–H and O–H groups in total. The SMILES string of the molecule is CCOc1cc(/C=C(/C#N)C(=O)Nc2ccc(F)cc2)cc(Br)c1OC. The Morgan fingerprint density at radius 1 is 1.35 bits per heavy atom. The molecule has 0 saturated heterocycles. The normalized spacial score (nSPS) is 10.8. The van der Waals surface area contributed by atoms with Gasteiger partial charge in [-0.2, -0.15) is 5.26 Å². The van der Waals surface area contributed by atoms with Crippen molar-refractivity contribution in [2.24, 2.45) is 0 Å². The number of hydrogen-bond donors (Lipinski definition) is 1. The largest absolute Gasteiger partial charge is 0.492 e. The fourth-order valence-electron chi connectivity index (χ4n) is 2.18. The number of halogens is 2. The number of nitriles is 1. The first-order valence-electron chi connectivity index (χ1n) is 7.67. The van der Waals surface area contributed by atoms with Gasteiger partial charge in [-0.25, -0.2) is 4.39 Å². The molecule has 0 aliphatic heterocycles. The van der Waals surface area contributed by atoms with E-state index in [1.807, 2.05) is 13.0 Å². The minimum absolute atomic E-state index is 0.103. The molecule has 1 amide bonds. The standard InChI is InChI=1S/C19H16BrFN2O3/c1-3-26-17-10-12(9-16(20)18(17)25-2)8-13(11-22)19(24)23-15-6-4-14(21)5-7-15/h4-10H,3H2,1-2H3,(H,23,24)/b13-8-. The molecule has 0 bridgehead atoms. The van der Waals surface area contributed by atoms with Crippen molar-refractivity contribution in [2.45, 2.75) is 6.92 Å². The molecule has 0 unspecified atom stereocenters. The monoisotopic (exact) mass is 418 g/mol. The number of hydrogen-bond acceptors (Lipinski definition) is 4. The van der Waals surface area contributed by atoms with Crippen LogP contribution in [-0.4, -0.2) is 19.6 Å². The summed E-state index contributed by atoms with van der Waals surface area (Å²) in [6.45, 7) is 2.28. The number of nitrogens with zero attached hydrogens (tertiary/aromatic N) is 1. The summed E-state index contributed by atoms with van der Waals surface area (Å²) in [4.78, 5) is 12.3. The Hall–Kier alpha value is -2.85. The van der Waals surface area contributed by atoms with Crippen molar-refractivity contribution >= 4 is 33.6 Å². The van der Waals surface area contributed by atoms with Crippen LogP contribution in [0.2, 0.25) is 0 Å². The predicted octanol–water partition coefficient (Wildman–Crippen LogP) is 4.54. The highest BCUT2D eigenvalue weighted by atomic mass is 79.9. The van der Waals surface area contributed by atoms with E-state index in [9.17, 15) is 14.4 Å². The lowest BCUT2D eigenvalue weighted by molar-refractivity contribution is -0.112. The van der Waals surface area contributed by atoms with Crippen LogP contribution in [0.4, 0.5) is 10.1 Å². The van der Waals surface area contributed by atoms with Crippen LogP contribution >= 0.6 is 15.9 Å². The summed E-state index contributed by atoms with van der Waals surface area (Å²) in [5.41, 5.74) is 0.879. The van der Waals surface area contributed by atoms with E-state index in [2.05, 4.69) is 21.2 Å². The summed E-state index contributed by atoms with van der Waals surface area (Å²) >= 11 is 3.38. The summed E-state index contributed by atoms with van der Waals surface area (Å²) in [5, 5.41) is 11.9. The van der Waals surface area contributed by atoms with Crippen molar-refractivity contribution in [2.75, 3.05) is 19.0 Å². The van der Waals surface area contributed by atoms with Gasteiger partial charge in [0, 0.05) is 5.69 Å². The zero-order valence-corrected chi connectivity index (χ0v) is 15.8. The Bertz CT molecular complexity index is 874. The molecule has 26 heavy (non-hydrogen) atoms. The van der Waals surface area contributed by atoms with Gasteiger partial charge in [-0.1, -0.05) is 0 Å². The summed E-state index contributed by atoms with van der Waals surface area (Å²) < 4.78 is 24.4. The Balaban J connectivity index is 2.31. The molecule has 0 radical (unpaired) electrons. The van der Waals surface area contributed by atoms with E-state index in [1.165, 1.54) is 37.5 Å². The molecule has 0 saturated carbocycles. The Morgan fingerprint density at radius 2 is 2.04 bits per heavy atom. The summed E-state index contributed by atoms with van der Waals surface area (Å²) in [7, 11) is 1.52. The van der Waals surface area contributed by atoms with E-state index >= 15 is 0 Å². The van der Waals surface area contributed by atoms with Crippen molar-refractivity contribution in [3.05, 3.63) is 57.8 Å². The molecule has 7 heteroatoms. The van der Waals surface area contributed by atoms with E-state index in [1.54, 1.807) is 12.1 Å². The number of rotatable bonds is 6. The molecule has 0 fully saturated rings. The highest BCUT2D eigenvalue weighted by Crippen LogP contribution is 2.37. The van der Waals surface area contributed by atoms with Crippen molar-refractivity contribution in [3.8, 4) is 17.6 Å². The third-order valence-electron chi connectivity index (χ3n) is 3.31. The van der Waals surface area contributed by atoms with Gasteiger partial charge in [0.1, 0.15) is 17.5 Å². The molecule has 0 heterocycles. The van der Waals surface area contributed by atoms with Crippen molar-refractivity contribution < 1.29 is 18.7 Å². The Labute approximate surface area is 159 Å². The van der Waals surface area contributed by atoms with Crippen LogP contribution in [0.15, 0.2) is 46.4 Å². The second kappa shape index (κ2) is 9.02. The fourth-order valence-corrected chi connectivity index (χ4v) is 2.80. The van der Waals surface area contributed by atoms with Gasteiger partial charge in [0.2, 0.25) is 0 Å². The van der Waals surface area contributed by atoms with Gasteiger partial charge < -0.3 is 14.8 Å². The van der Waals surface area contributed by atoms with Crippen molar-refractivity contribution in [1.29, 1.82) is 5.26 Å². The number of ether oxygens (including phenoxy) is 2. The third kappa shape index (κ3) is 4.83. The summed E-state index contributed by atoms with van der Waals surface area (Å²) in [5.74, 6) is 0.0136. The molecule has 2 aromatic rings. The quantitative estimate of drug-likeness (QED) is 0.551. The van der Waals surface area contributed by atoms with E-state index in [4.69, 9.17) is 9.47 Å².